The molecule has 1 aromatic carbocycles. The molecule has 0 saturated heterocycles. The summed E-state index contributed by atoms with van der Waals surface area (Å²) in [4.78, 5) is 17.4. The second-order valence-corrected chi connectivity index (χ2v) is 4.56. The number of ether oxygens (including phenoxy) is 2. The van der Waals surface area contributed by atoms with Crippen molar-refractivity contribution in [1.82, 2.24) is 9.88 Å². The average molecular weight is 276 g/mol. The lowest BCUT2D eigenvalue weighted by atomic mass is 10.1. The Morgan fingerprint density at radius 2 is 1.85 bits per heavy atom. The van der Waals surface area contributed by atoms with E-state index in [4.69, 9.17) is 9.47 Å². The third kappa shape index (κ3) is 3.37. The number of amides is 1. The number of carbonyl (C=O) groups excluding carboxylic acids is 1. The summed E-state index contributed by atoms with van der Waals surface area (Å²) in [6.45, 7) is 2.15. The first-order valence-electron chi connectivity index (χ1n) is 6.60. The van der Waals surface area contributed by atoms with Crippen LogP contribution < -0.4 is 0 Å². The zero-order chi connectivity index (χ0) is 14.4. The van der Waals surface area contributed by atoms with E-state index in [0.717, 1.165) is 10.9 Å². The lowest BCUT2D eigenvalue weighted by Crippen LogP contribution is -2.36. The fourth-order valence-electron chi connectivity index (χ4n) is 2.09. The van der Waals surface area contributed by atoms with Crippen molar-refractivity contribution < 1.29 is 14.3 Å². The van der Waals surface area contributed by atoms with Gasteiger partial charge in [-0.1, -0.05) is 0 Å². The highest BCUT2D eigenvalue weighted by Crippen LogP contribution is 2.15. The molecule has 2 rings (SSSR count). The summed E-state index contributed by atoms with van der Waals surface area (Å²) in [5.41, 5.74) is 1.71. The van der Waals surface area contributed by atoms with Crippen LogP contribution in [0, 0.1) is 0 Å². The fourth-order valence-corrected chi connectivity index (χ4v) is 2.09. The highest BCUT2D eigenvalue weighted by molar-refractivity contribution is 5.98. The number of H-pyrrole nitrogens is 1. The highest BCUT2D eigenvalue weighted by Gasteiger charge is 2.15. The van der Waals surface area contributed by atoms with Crippen molar-refractivity contribution in [2.45, 2.75) is 0 Å². The van der Waals surface area contributed by atoms with Crippen LogP contribution in [0.25, 0.3) is 10.9 Å². The quantitative estimate of drug-likeness (QED) is 0.840. The Bertz CT molecular complexity index is 557. The van der Waals surface area contributed by atoms with Gasteiger partial charge < -0.3 is 19.4 Å². The van der Waals surface area contributed by atoms with Crippen LogP contribution in [0.2, 0.25) is 0 Å². The monoisotopic (exact) mass is 276 g/mol. The number of aromatic nitrogens is 1. The summed E-state index contributed by atoms with van der Waals surface area (Å²) in [6.07, 6.45) is 1.87. The maximum atomic E-state index is 12.5. The van der Waals surface area contributed by atoms with Gasteiger partial charge in [-0.3, -0.25) is 4.79 Å². The average Bonchev–Trinajstić information content (AvgIpc) is 2.94. The van der Waals surface area contributed by atoms with Crippen LogP contribution in [0.5, 0.6) is 0 Å². The number of nitrogens with zero attached hydrogens (tertiary/aromatic N) is 1. The van der Waals surface area contributed by atoms with E-state index in [2.05, 4.69) is 4.98 Å². The summed E-state index contributed by atoms with van der Waals surface area (Å²) in [6, 6.07) is 7.63. The van der Waals surface area contributed by atoms with Gasteiger partial charge in [0.15, 0.2) is 0 Å². The molecule has 0 unspecified atom stereocenters. The maximum Gasteiger partial charge on any atom is 0.254 e. The molecule has 1 amide bonds. The van der Waals surface area contributed by atoms with E-state index in [-0.39, 0.29) is 5.91 Å². The Kier molecular flexibility index (Phi) is 5.15. The molecule has 1 aromatic heterocycles. The van der Waals surface area contributed by atoms with E-state index < -0.39 is 0 Å². The van der Waals surface area contributed by atoms with Crippen LogP contribution in [0.3, 0.4) is 0 Å². The molecule has 0 spiro atoms. The third-order valence-corrected chi connectivity index (χ3v) is 3.22. The number of hydrogen-bond donors (Lipinski definition) is 1. The number of aromatic amines is 1. The number of fused-ring (bicyclic) bond motifs is 1. The number of hydrogen-bond acceptors (Lipinski definition) is 3. The number of rotatable bonds is 7. The lowest BCUT2D eigenvalue weighted by Gasteiger charge is -2.22. The van der Waals surface area contributed by atoms with E-state index in [9.17, 15) is 4.79 Å². The predicted octanol–water partition coefficient (Wildman–Crippen LogP) is 1.90. The predicted molar refractivity (Wildman–Crippen MR) is 78.0 cm³/mol. The van der Waals surface area contributed by atoms with Crippen molar-refractivity contribution in [2.24, 2.45) is 0 Å². The second-order valence-electron chi connectivity index (χ2n) is 4.56. The van der Waals surface area contributed by atoms with E-state index in [1.807, 2.05) is 30.5 Å². The van der Waals surface area contributed by atoms with E-state index in [0.29, 0.717) is 31.9 Å². The molecule has 20 heavy (non-hydrogen) atoms. The normalized spacial score (nSPS) is 10.9. The summed E-state index contributed by atoms with van der Waals surface area (Å²) in [5.74, 6) is 0.00204. The molecule has 108 valence electrons. The summed E-state index contributed by atoms with van der Waals surface area (Å²) in [7, 11) is 3.26. The topological polar surface area (TPSA) is 54.6 Å². The van der Waals surface area contributed by atoms with Gasteiger partial charge in [-0.2, -0.15) is 0 Å². The smallest absolute Gasteiger partial charge is 0.254 e. The van der Waals surface area contributed by atoms with Crippen molar-refractivity contribution in [1.29, 1.82) is 0 Å². The van der Waals surface area contributed by atoms with Gasteiger partial charge in [0.2, 0.25) is 0 Å². The number of nitrogens with one attached hydrogen (secondary N) is 1. The van der Waals surface area contributed by atoms with Crippen molar-refractivity contribution in [2.75, 3.05) is 40.5 Å². The van der Waals surface area contributed by atoms with Crippen molar-refractivity contribution >= 4 is 16.8 Å². The first-order chi connectivity index (χ1) is 9.76. The zero-order valence-corrected chi connectivity index (χ0v) is 11.9. The first-order valence-corrected chi connectivity index (χ1v) is 6.60. The van der Waals surface area contributed by atoms with Gasteiger partial charge >= 0.3 is 0 Å². The molecule has 1 heterocycles. The second kappa shape index (κ2) is 7.07. The molecule has 0 bridgehead atoms. The molecule has 2 aromatic rings. The molecule has 0 atom stereocenters. The standard InChI is InChI=1S/C15H20N2O3/c1-19-9-7-17(8-10-20-2)15(18)13-3-4-14-12(11-13)5-6-16-14/h3-6,11,16H,7-10H2,1-2H3. The van der Waals surface area contributed by atoms with Crippen LogP contribution in [0.15, 0.2) is 30.5 Å². The maximum absolute atomic E-state index is 12.5. The first kappa shape index (κ1) is 14.6. The Morgan fingerprint density at radius 1 is 1.15 bits per heavy atom. The molecule has 0 aliphatic rings. The van der Waals surface area contributed by atoms with E-state index in [1.165, 1.54) is 0 Å². The Hall–Kier alpha value is -1.85. The van der Waals surface area contributed by atoms with Gasteiger partial charge in [-0.15, -0.1) is 0 Å². The molecular weight excluding hydrogens is 256 g/mol. The minimum absolute atomic E-state index is 0.00204. The largest absolute Gasteiger partial charge is 0.383 e. The molecule has 0 fully saturated rings. The zero-order valence-electron chi connectivity index (χ0n) is 11.9. The molecule has 5 heteroatoms. The number of carbonyl (C=O) groups is 1. The lowest BCUT2D eigenvalue weighted by molar-refractivity contribution is 0.0627. The van der Waals surface area contributed by atoms with E-state index >= 15 is 0 Å². The Morgan fingerprint density at radius 3 is 2.50 bits per heavy atom. The molecule has 0 radical (unpaired) electrons. The van der Waals surface area contributed by atoms with Gasteiger partial charge in [-0.05, 0) is 24.3 Å². The molecule has 0 aliphatic carbocycles. The van der Waals surface area contributed by atoms with Crippen LogP contribution in [0.1, 0.15) is 10.4 Å². The molecule has 0 saturated carbocycles. The molecular formula is C15H20N2O3. The van der Waals surface area contributed by atoms with Crippen molar-refractivity contribution in [3.05, 3.63) is 36.0 Å². The van der Waals surface area contributed by atoms with Gasteiger partial charge in [0.25, 0.3) is 5.91 Å². The molecule has 1 N–H and O–H groups in total. The van der Waals surface area contributed by atoms with Crippen LogP contribution in [-0.4, -0.2) is 56.3 Å². The van der Waals surface area contributed by atoms with Crippen LogP contribution in [0.4, 0.5) is 0 Å². The SMILES string of the molecule is COCCN(CCOC)C(=O)c1ccc2[nH]ccc2c1. The van der Waals surface area contributed by atoms with E-state index in [1.54, 1.807) is 19.1 Å². The highest BCUT2D eigenvalue weighted by atomic mass is 16.5. The van der Waals surface area contributed by atoms with Crippen LogP contribution >= 0.6 is 0 Å². The van der Waals surface area contributed by atoms with Gasteiger partial charge in [0.05, 0.1) is 13.2 Å². The Balaban J connectivity index is 2.15. The third-order valence-electron chi connectivity index (χ3n) is 3.22. The van der Waals surface area contributed by atoms with Crippen molar-refractivity contribution in [3.63, 3.8) is 0 Å². The van der Waals surface area contributed by atoms with Crippen LogP contribution in [-0.2, 0) is 9.47 Å². The summed E-state index contributed by atoms with van der Waals surface area (Å²) >= 11 is 0. The van der Waals surface area contributed by atoms with Crippen molar-refractivity contribution in [3.8, 4) is 0 Å². The molecule has 5 nitrogen and oxygen atoms in total. The molecule has 0 aliphatic heterocycles. The number of methoxy groups -OCH3 is 2. The summed E-state index contributed by atoms with van der Waals surface area (Å²) in [5, 5.41) is 1.04. The van der Waals surface area contributed by atoms with Gasteiger partial charge in [0, 0.05) is 50.0 Å². The minimum Gasteiger partial charge on any atom is -0.383 e. The van der Waals surface area contributed by atoms with Gasteiger partial charge in [-0.25, -0.2) is 0 Å². The number of benzene rings is 1. The Labute approximate surface area is 118 Å². The minimum atomic E-state index is 0.00204. The van der Waals surface area contributed by atoms with Gasteiger partial charge in [0.1, 0.15) is 0 Å². The summed E-state index contributed by atoms with van der Waals surface area (Å²) < 4.78 is 10.1. The fraction of sp³-hybridized carbons (Fsp3) is 0.400.